The van der Waals surface area contributed by atoms with Crippen molar-refractivity contribution in [1.29, 1.82) is 0 Å². The van der Waals surface area contributed by atoms with Crippen LogP contribution in [0.5, 0.6) is 0 Å². The minimum atomic E-state index is -4.38. The Morgan fingerprint density at radius 1 is 1.31 bits per heavy atom. The van der Waals surface area contributed by atoms with Crippen molar-refractivity contribution in [1.82, 2.24) is 15.1 Å². The van der Waals surface area contributed by atoms with Crippen LogP contribution in [0.1, 0.15) is 20.8 Å². The van der Waals surface area contributed by atoms with Crippen LogP contribution >= 0.6 is 27.3 Å². The maximum atomic E-state index is 12.7. The molecule has 1 aromatic carbocycles. The van der Waals surface area contributed by atoms with E-state index in [1.165, 1.54) is 23.5 Å². The molecule has 3 rings (SSSR count). The first-order valence-corrected chi connectivity index (χ1v) is 10.2. The second-order valence-electron chi connectivity index (χ2n) is 6.43. The first-order valence-electron chi connectivity index (χ1n) is 8.64. The summed E-state index contributed by atoms with van der Waals surface area (Å²) in [6, 6.07) is 8.04. The molecule has 1 unspecified atom stereocenters. The summed E-state index contributed by atoms with van der Waals surface area (Å²) in [4.78, 5) is 14.0. The molecule has 0 fully saturated rings. The van der Waals surface area contributed by atoms with Crippen LogP contribution in [-0.2, 0) is 19.6 Å². The van der Waals surface area contributed by atoms with Gasteiger partial charge in [-0.3, -0.25) is 9.48 Å². The highest BCUT2D eigenvalue weighted by Gasteiger charge is 2.30. The van der Waals surface area contributed by atoms with Gasteiger partial charge in [-0.15, -0.1) is 11.3 Å². The lowest BCUT2D eigenvalue weighted by molar-refractivity contribution is -0.137. The van der Waals surface area contributed by atoms with Gasteiger partial charge >= 0.3 is 6.18 Å². The third-order valence-corrected chi connectivity index (χ3v) is 6.39. The highest BCUT2D eigenvalue weighted by molar-refractivity contribution is 9.10. The molecule has 0 radical (unpaired) electrons. The van der Waals surface area contributed by atoms with Gasteiger partial charge < -0.3 is 11.1 Å². The molecule has 29 heavy (non-hydrogen) atoms. The quantitative estimate of drug-likeness (QED) is 0.547. The first kappa shape index (κ1) is 21.5. The molecule has 0 bridgehead atoms. The molecular formula is C19H18BrF3N4OS. The summed E-state index contributed by atoms with van der Waals surface area (Å²) in [6.45, 7) is 0.161. The van der Waals surface area contributed by atoms with Gasteiger partial charge in [0.2, 0.25) is 0 Å². The number of hydrogen-bond donors (Lipinski definition) is 2. The van der Waals surface area contributed by atoms with Crippen molar-refractivity contribution in [3.63, 3.8) is 0 Å². The molecule has 1 atom stereocenters. The Morgan fingerprint density at radius 2 is 2.00 bits per heavy atom. The van der Waals surface area contributed by atoms with Crippen LogP contribution in [0.4, 0.5) is 13.2 Å². The van der Waals surface area contributed by atoms with E-state index in [1.54, 1.807) is 16.9 Å². The second kappa shape index (κ2) is 8.68. The third kappa shape index (κ3) is 5.06. The molecule has 10 heteroatoms. The lowest BCUT2D eigenvalue weighted by Gasteiger charge is -2.17. The van der Waals surface area contributed by atoms with E-state index < -0.39 is 17.8 Å². The summed E-state index contributed by atoms with van der Waals surface area (Å²) in [5, 5.41) is 6.99. The zero-order valence-electron chi connectivity index (χ0n) is 15.3. The SMILES string of the molecule is Cn1nccc1-c1sc(C(=O)NC(CN)Cc2ccc(C(F)(F)F)cc2)cc1Br. The summed E-state index contributed by atoms with van der Waals surface area (Å²) in [5.74, 6) is -0.286. The van der Waals surface area contributed by atoms with Gasteiger partial charge in [0.1, 0.15) is 0 Å². The summed E-state index contributed by atoms with van der Waals surface area (Å²) < 4.78 is 40.5. The number of nitrogens with two attached hydrogens (primary N) is 1. The first-order chi connectivity index (χ1) is 13.7. The van der Waals surface area contributed by atoms with Gasteiger partial charge in [-0.1, -0.05) is 12.1 Å². The third-order valence-electron chi connectivity index (χ3n) is 4.35. The fourth-order valence-electron chi connectivity index (χ4n) is 2.82. The van der Waals surface area contributed by atoms with Crippen LogP contribution in [0, 0.1) is 0 Å². The number of hydrogen-bond acceptors (Lipinski definition) is 4. The number of alkyl halides is 3. The molecular weight excluding hydrogens is 469 g/mol. The van der Waals surface area contributed by atoms with Crippen molar-refractivity contribution in [2.75, 3.05) is 6.54 Å². The van der Waals surface area contributed by atoms with E-state index in [9.17, 15) is 18.0 Å². The van der Waals surface area contributed by atoms with Crippen molar-refractivity contribution < 1.29 is 18.0 Å². The van der Waals surface area contributed by atoms with Crippen LogP contribution in [0.25, 0.3) is 10.6 Å². The number of thiophene rings is 1. The smallest absolute Gasteiger partial charge is 0.347 e. The highest BCUT2D eigenvalue weighted by atomic mass is 79.9. The molecule has 1 amide bonds. The van der Waals surface area contributed by atoms with E-state index in [1.807, 2.05) is 13.1 Å². The number of rotatable bonds is 6. The number of carbonyl (C=O) groups excluding carboxylic acids is 1. The van der Waals surface area contributed by atoms with E-state index >= 15 is 0 Å². The van der Waals surface area contributed by atoms with Crippen molar-refractivity contribution in [2.24, 2.45) is 12.8 Å². The van der Waals surface area contributed by atoms with Gasteiger partial charge in [0.15, 0.2) is 0 Å². The molecule has 5 nitrogen and oxygen atoms in total. The molecule has 2 heterocycles. The number of halogens is 4. The largest absolute Gasteiger partial charge is 0.416 e. The summed E-state index contributed by atoms with van der Waals surface area (Å²) >= 11 is 4.79. The molecule has 3 aromatic rings. The normalized spacial score (nSPS) is 12.8. The molecule has 2 aromatic heterocycles. The summed E-state index contributed by atoms with van der Waals surface area (Å²) in [5.41, 5.74) is 6.60. The monoisotopic (exact) mass is 486 g/mol. The fraction of sp³-hybridized carbons (Fsp3) is 0.263. The van der Waals surface area contributed by atoms with Gasteiger partial charge in [0, 0.05) is 30.3 Å². The Morgan fingerprint density at radius 3 is 2.55 bits per heavy atom. The number of benzene rings is 1. The number of amides is 1. The number of aromatic nitrogens is 2. The molecule has 0 aliphatic rings. The highest BCUT2D eigenvalue weighted by Crippen LogP contribution is 2.36. The van der Waals surface area contributed by atoms with Gasteiger partial charge in [0.05, 0.1) is 21.0 Å². The number of nitrogens with one attached hydrogen (secondary N) is 1. The van der Waals surface area contributed by atoms with Gasteiger partial charge in [-0.05, 0) is 52.2 Å². The Bertz CT molecular complexity index is 998. The molecule has 154 valence electrons. The van der Waals surface area contributed by atoms with E-state index in [4.69, 9.17) is 5.73 Å². The molecule has 0 saturated heterocycles. The zero-order valence-corrected chi connectivity index (χ0v) is 17.7. The minimum absolute atomic E-state index is 0.161. The van der Waals surface area contributed by atoms with Crippen molar-refractivity contribution >= 4 is 33.2 Å². The molecule has 0 aliphatic carbocycles. The zero-order chi connectivity index (χ0) is 21.2. The van der Waals surface area contributed by atoms with E-state index in [-0.39, 0.29) is 12.5 Å². The fourth-order valence-corrected chi connectivity index (χ4v) is 4.65. The number of aryl methyl sites for hydroxylation is 1. The van der Waals surface area contributed by atoms with Gasteiger partial charge in [-0.2, -0.15) is 18.3 Å². The van der Waals surface area contributed by atoms with Crippen LogP contribution < -0.4 is 11.1 Å². The van der Waals surface area contributed by atoms with Crippen molar-refractivity contribution in [3.05, 3.63) is 63.1 Å². The molecule has 0 saturated carbocycles. The Labute approximate surface area is 177 Å². The average Bonchev–Trinajstić information content (AvgIpc) is 3.26. The molecule has 0 spiro atoms. The average molecular weight is 487 g/mol. The summed E-state index contributed by atoms with van der Waals surface area (Å²) in [6.07, 6.45) is -2.37. The summed E-state index contributed by atoms with van der Waals surface area (Å²) in [7, 11) is 1.82. The topological polar surface area (TPSA) is 72.9 Å². The minimum Gasteiger partial charge on any atom is -0.347 e. The van der Waals surface area contributed by atoms with Crippen LogP contribution in [-0.4, -0.2) is 28.3 Å². The maximum Gasteiger partial charge on any atom is 0.416 e. The standard InChI is InChI=1S/C19H18BrF3N4OS/c1-27-15(6-7-25-27)17-14(20)9-16(29-17)18(28)26-13(10-24)8-11-2-4-12(5-3-11)19(21,22)23/h2-7,9,13H,8,10,24H2,1H3,(H,26,28). The van der Waals surface area contributed by atoms with Gasteiger partial charge in [-0.25, -0.2) is 0 Å². The second-order valence-corrected chi connectivity index (χ2v) is 8.34. The Hall–Kier alpha value is -2.17. The van der Waals surface area contributed by atoms with Crippen molar-refractivity contribution in [3.8, 4) is 10.6 Å². The maximum absolute atomic E-state index is 12.7. The molecule has 3 N–H and O–H groups in total. The number of carbonyl (C=O) groups is 1. The Kier molecular flexibility index (Phi) is 6.45. The molecule has 0 aliphatic heterocycles. The predicted octanol–water partition coefficient (Wildman–Crippen LogP) is 4.23. The van der Waals surface area contributed by atoms with Crippen LogP contribution in [0.2, 0.25) is 0 Å². The Balaban J connectivity index is 1.70. The van der Waals surface area contributed by atoms with Crippen LogP contribution in [0.3, 0.4) is 0 Å². The lowest BCUT2D eigenvalue weighted by atomic mass is 10.0. The predicted molar refractivity (Wildman–Crippen MR) is 110 cm³/mol. The van der Waals surface area contributed by atoms with Crippen molar-refractivity contribution in [2.45, 2.75) is 18.6 Å². The van der Waals surface area contributed by atoms with Gasteiger partial charge in [0.25, 0.3) is 5.91 Å². The lowest BCUT2D eigenvalue weighted by Crippen LogP contribution is -2.41. The van der Waals surface area contributed by atoms with Crippen LogP contribution in [0.15, 0.2) is 47.1 Å². The number of nitrogens with zero attached hydrogens (tertiary/aromatic N) is 2. The van der Waals surface area contributed by atoms with E-state index in [0.717, 1.165) is 27.2 Å². The van der Waals surface area contributed by atoms with E-state index in [0.29, 0.717) is 16.9 Å². The van der Waals surface area contributed by atoms with E-state index in [2.05, 4.69) is 26.3 Å².